The van der Waals surface area contributed by atoms with Crippen LogP contribution in [0.2, 0.25) is 6.32 Å². The number of aromatic hydroxyl groups is 1. The SMILES string of the molecule is Cc1cc(C(=O)B2CCOc3ccccc32)cc(C)c1O. The highest BCUT2D eigenvalue weighted by atomic mass is 16.5. The van der Waals surface area contributed by atoms with Gasteiger partial charge in [0.1, 0.15) is 17.2 Å². The molecule has 0 spiro atoms. The summed E-state index contributed by atoms with van der Waals surface area (Å²) in [6.45, 7) is 4.02. The summed E-state index contributed by atoms with van der Waals surface area (Å²) >= 11 is 0. The summed E-state index contributed by atoms with van der Waals surface area (Å²) < 4.78 is 5.61. The van der Waals surface area contributed by atoms with Crippen molar-refractivity contribution in [3.05, 3.63) is 53.1 Å². The molecule has 2 aromatic carbocycles. The van der Waals surface area contributed by atoms with Crippen molar-refractivity contribution in [3.63, 3.8) is 0 Å². The quantitative estimate of drug-likeness (QED) is 0.860. The van der Waals surface area contributed by atoms with Crippen molar-refractivity contribution in [2.24, 2.45) is 0 Å². The number of phenols is 1. The Morgan fingerprint density at radius 3 is 2.57 bits per heavy atom. The summed E-state index contributed by atoms with van der Waals surface area (Å²) in [5, 5.41) is 9.85. The number of hydrogen-bond acceptors (Lipinski definition) is 3. The normalized spacial score (nSPS) is 13.5. The van der Waals surface area contributed by atoms with Gasteiger partial charge in [0.05, 0.1) is 6.61 Å². The molecule has 0 fully saturated rings. The number of hydrogen-bond donors (Lipinski definition) is 1. The number of carbonyl (C=O) groups is 1. The molecule has 0 atom stereocenters. The number of para-hydroxylation sites is 1. The van der Waals surface area contributed by atoms with E-state index in [4.69, 9.17) is 4.74 Å². The summed E-state index contributed by atoms with van der Waals surface area (Å²) in [7, 11) is 0. The summed E-state index contributed by atoms with van der Waals surface area (Å²) in [4.78, 5) is 12.8. The summed E-state index contributed by atoms with van der Waals surface area (Å²) in [5.74, 6) is 1.06. The highest BCUT2D eigenvalue weighted by molar-refractivity contribution is 7.02. The standard InChI is InChI=1S/C17H17BO3/c1-11-9-13(10-12(2)16(11)19)17(20)18-7-8-21-15-6-4-3-5-14(15)18/h3-6,9-10,19H,7-8H2,1-2H3. The number of benzene rings is 2. The van der Waals surface area contributed by atoms with Crippen molar-refractivity contribution in [2.45, 2.75) is 20.2 Å². The van der Waals surface area contributed by atoms with E-state index in [0.29, 0.717) is 18.5 Å². The molecule has 3 nitrogen and oxygen atoms in total. The minimum absolute atomic E-state index is 0.0944. The lowest BCUT2D eigenvalue weighted by Gasteiger charge is -2.23. The van der Waals surface area contributed by atoms with Crippen molar-refractivity contribution >= 4 is 17.9 Å². The molecule has 0 radical (unpaired) electrons. The molecule has 1 N–H and O–H groups in total. The monoisotopic (exact) mass is 280 g/mol. The predicted octanol–water partition coefficient (Wildman–Crippen LogP) is 2.53. The predicted molar refractivity (Wildman–Crippen MR) is 84.0 cm³/mol. The van der Waals surface area contributed by atoms with E-state index in [9.17, 15) is 9.90 Å². The van der Waals surface area contributed by atoms with Crippen LogP contribution in [0.3, 0.4) is 0 Å². The van der Waals surface area contributed by atoms with Gasteiger partial charge in [0.15, 0.2) is 0 Å². The van der Waals surface area contributed by atoms with Gasteiger partial charge in [-0.15, -0.1) is 0 Å². The van der Waals surface area contributed by atoms with Crippen LogP contribution in [0.1, 0.15) is 21.5 Å². The molecular weight excluding hydrogens is 263 g/mol. The van der Waals surface area contributed by atoms with E-state index in [1.165, 1.54) is 0 Å². The van der Waals surface area contributed by atoms with Crippen molar-refractivity contribution < 1.29 is 14.6 Å². The second-order valence-corrected chi connectivity index (χ2v) is 5.55. The Bertz CT molecular complexity index is 686. The molecule has 0 aromatic heterocycles. The van der Waals surface area contributed by atoms with E-state index >= 15 is 0 Å². The first kappa shape index (κ1) is 13.7. The molecule has 0 saturated heterocycles. The molecule has 4 heteroatoms. The number of aryl methyl sites for hydroxylation is 2. The third-order valence-corrected chi connectivity index (χ3v) is 4.05. The number of ether oxygens (including phenoxy) is 1. The number of rotatable bonds is 2. The van der Waals surface area contributed by atoms with E-state index in [2.05, 4.69) is 0 Å². The Balaban J connectivity index is 2.00. The summed E-state index contributed by atoms with van der Waals surface area (Å²) in [5.41, 5.74) is 3.18. The minimum atomic E-state index is -0.168. The van der Waals surface area contributed by atoms with Gasteiger partial charge in [0.2, 0.25) is 0 Å². The molecule has 0 unspecified atom stereocenters. The highest BCUT2D eigenvalue weighted by Gasteiger charge is 2.32. The third kappa shape index (κ3) is 2.42. The Morgan fingerprint density at radius 1 is 1.19 bits per heavy atom. The van der Waals surface area contributed by atoms with Gasteiger partial charge in [-0.25, -0.2) is 0 Å². The second kappa shape index (κ2) is 5.28. The molecule has 1 aliphatic rings. The van der Waals surface area contributed by atoms with Crippen LogP contribution in [0.5, 0.6) is 11.5 Å². The Hall–Kier alpha value is -2.23. The van der Waals surface area contributed by atoms with Crippen molar-refractivity contribution in [2.75, 3.05) is 6.61 Å². The fraction of sp³-hybridized carbons (Fsp3) is 0.235. The van der Waals surface area contributed by atoms with Crippen molar-refractivity contribution in [3.8, 4) is 11.5 Å². The van der Waals surface area contributed by atoms with Crippen LogP contribution in [0.4, 0.5) is 0 Å². The zero-order valence-corrected chi connectivity index (χ0v) is 12.2. The summed E-state index contributed by atoms with van der Waals surface area (Å²) in [6.07, 6.45) is 0.689. The number of carbonyl (C=O) groups excluding carboxylic acids is 1. The fourth-order valence-electron chi connectivity index (χ4n) is 2.91. The molecule has 0 aliphatic carbocycles. The van der Waals surface area contributed by atoms with Gasteiger partial charge in [0, 0.05) is 5.56 Å². The van der Waals surface area contributed by atoms with Crippen LogP contribution in [0.25, 0.3) is 0 Å². The zero-order chi connectivity index (χ0) is 15.0. The molecule has 2 aromatic rings. The van der Waals surface area contributed by atoms with Crippen LogP contribution < -0.4 is 10.2 Å². The van der Waals surface area contributed by atoms with Crippen LogP contribution in [-0.4, -0.2) is 24.1 Å². The average Bonchev–Trinajstić information content (AvgIpc) is 2.51. The summed E-state index contributed by atoms with van der Waals surface area (Å²) in [6, 6.07) is 11.2. The first-order valence-electron chi connectivity index (χ1n) is 7.14. The molecule has 21 heavy (non-hydrogen) atoms. The topological polar surface area (TPSA) is 46.5 Å². The van der Waals surface area contributed by atoms with Crippen molar-refractivity contribution in [1.82, 2.24) is 0 Å². The number of fused-ring (bicyclic) bond motifs is 1. The van der Waals surface area contributed by atoms with Crippen LogP contribution >= 0.6 is 0 Å². The molecule has 0 amide bonds. The average molecular weight is 280 g/mol. The van der Waals surface area contributed by atoms with Gasteiger partial charge in [-0.2, -0.15) is 0 Å². The third-order valence-electron chi connectivity index (χ3n) is 4.05. The smallest absolute Gasteiger partial charge is 0.270 e. The van der Waals surface area contributed by atoms with Crippen molar-refractivity contribution in [1.29, 1.82) is 0 Å². The Kier molecular flexibility index (Phi) is 3.46. The van der Waals surface area contributed by atoms with Crippen LogP contribution in [-0.2, 0) is 0 Å². The van der Waals surface area contributed by atoms with Gasteiger partial charge in [0.25, 0.3) is 6.71 Å². The second-order valence-electron chi connectivity index (χ2n) is 5.55. The van der Waals surface area contributed by atoms with Crippen LogP contribution in [0, 0.1) is 13.8 Å². The molecule has 0 saturated carbocycles. The minimum Gasteiger partial charge on any atom is -0.507 e. The largest absolute Gasteiger partial charge is 0.507 e. The lowest BCUT2D eigenvalue weighted by atomic mass is 9.38. The molecule has 1 heterocycles. The van der Waals surface area contributed by atoms with E-state index in [0.717, 1.165) is 22.3 Å². The van der Waals surface area contributed by atoms with Gasteiger partial charge in [-0.1, -0.05) is 18.2 Å². The van der Waals surface area contributed by atoms with E-state index in [1.54, 1.807) is 12.1 Å². The lowest BCUT2D eigenvalue weighted by Crippen LogP contribution is -2.44. The maximum atomic E-state index is 12.8. The molecule has 3 rings (SSSR count). The Morgan fingerprint density at radius 2 is 1.86 bits per heavy atom. The highest BCUT2D eigenvalue weighted by Crippen LogP contribution is 2.25. The van der Waals surface area contributed by atoms with Gasteiger partial charge < -0.3 is 14.6 Å². The maximum absolute atomic E-state index is 12.8. The molecule has 106 valence electrons. The number of phenolic OH excluding ortho intramolecular Hbond substituents is 1. The van der Waals surface area contributed by atoms with E-state index < -0.39 is 0 Å². The first-order chi connectivity index (χ1) is 10.1. The maximum Gasteiger partial charge on any atom is 0.270 e. The van der Waals surface area contributed by atoms with Gasteiger partial charge in [-0.05, 0) is 55.0 Å². The Labute approximate surface area is 124 Å². The zero-order valence-electron chi connectivity index (χ0n) is 12.2. The van der Waals surface area contributed by atoms with E-state index in [1.807, 2.05) is 38.1 Å². The van der Waals surface area contributed by atoms with Gasteiger partial charge in [-0.3, -0.25) is 0 Å². The fourth-order valence-corrected chi connectivity index (χ4v) is 2.91. The molecule has 1 aliphatic heterocycles. The lowest BCUT2D eigenvalue weighted by molar-refractivity contribution is 0.107. The first-order valence-corrected chi connectivity index (χ1v) is 7.14. The van der Waals surface area contributed by atoms with Crippen LogP contribution in [0.15, 0.2) is 36.4 Å². The van der Waals surface area contributed by atoms with E-state index in [-0.39, 0.29) is 18.1 Å². The molecule has 0 bridgehead atoms. The van der Waals surface area contributed by atoms with Gasteiger partial charge >= 0.3 is 0 Å². The molecular formula is C17H17BO3.